The van der Waals surface area contributed by atoms with Gasteiger partial charge in [0.2, 0.25) is 0 Å². The topological polar surface area (TPSA) is 96.2 Å². The molecule has 174 valence electrons. The summed E-state index contributed by atoms with van der Waals surface area (Å²) in [5.41, 5.74) is 8.89. The van der Waals surface area contributed by atoms with Crippen LogP contribution in [0.15, 0.2) is 30.7 Å². The Morgan fingerprint density at radius 3 is 2.59 bits per heavy atom. The molecule has 1 saturated carbocycles. The fourth-order valence-electron chi connectivity index (χ4n) is 4.53. The maximum Gasteiger partial charge on any atom is 0.126 e. The van der Waals surface area contributed by atoms with E-state index in [1.807, 2.05) is 22.8 Å². The minimum absolute atomic E-state index is 0.325. The third-order valence-corrected chi connectivity index (χ3v) is 7.95. The van der Waals surface area contributed by atoms with E-state index < -0.39 is 11.0 Å². The van der Waals surface area contributed by atoms with E-state index in [4.69, 9.17) is 17.3 Å². The summed E-state index contributed by atoms with van der Waals surface area (Å²) < 4.78 is 13.7. The Bertz CT molecular complexity index is 928. The van der Waals surface area contributed by atoms with Gasteiger partial charge in [-0.3, -0.25) is 4.98 Å². The highest BCUT2D eigenvalue weighted by Crippen LogP contribution is 2.31. The molecule has 1 unspecified atom stereocenters. The van der Waals surface area contributed by atoms with E-state index in [1.54, 1.807) is 12.5 Å². The van der Waals surface area contributed by atoms with Crippen LogP contribution in [0.4, 0.5) is 11.5 Å². The summed E-state index contributed by atoms with van der Waals surface area (Å²) in [6.45, 7) is 2.67. The average Bonchev–Trinajstić information content (AvgIpc) is 2.81. The van der Waals surface area contributed by atoms with Gasteiger partial charge in [0.1, 0.15) is 5.82 Å². The number of piperidine rings is 1. The number of halogens is 1. The zero-order chi connectivity index (χ0) is 22.5. The highest BCUT2D eigenvalue weighted by molar-refractivity contribution is 7.81. The Morgan fingerprint density at radius 1 is 1.12 bits per heavy atom. The number of nitrogens with two attached hydrogens (primary N) is 1. The highest BCUT2D eigenvalue weighted by Gasteiger charge is 2.21. The molecule has 0 amide bonds. The van der Waals surface area contributed by atoms with Gasteiger partial charge in [-0.15, -0.1) is 0 Å². The predicted octanol–water partition coefficient (Wildman–Crippen LogP) is 3.90. The molecule has 2 aromatic rings. The van der Waals surface area contributed by atoms with Crippen LogP contribution in [0.25, 0.3) is 11.1 Å². The molecule has 1 aliphatic heterocycles. The van der Waals surface area contributed by atoms with E-state index in [-0.39, 0.29) is 0 Å². The van der Waals surface area contributed by atoms with E-state index in [0.29, 0.717) is 23.0 Å². The molecule has 0 bridgehead atoms. The van der Waals surface area contributed by atoms with E-state index >= 15 is 0 Å². The number of nitrogens with one attached hydrogen (secondary N) is 2. The lowest BCUT2D eigenvalue weighted by molar-refractivity contribution is 0.293. The zero-order valence-corrected chi connectivity index (χ0v) is 20.2. The molecule has 9 heteroatoms. The molecular formula is C23H33ClN6OS. The van der Waals surface area contributed by atoms with Crippen molar-refractivity contribution in [3.63, 3.8) is 0 Å². The van der Waals surface area contributed by atoms with Gasteiger partial charge in [0, 0.05) is 67.7 Å². The van der Waals surface area contributed by atoms with Gasteiger partial charge >= 0.3 is 0 Å². The lowest BCUT2D eigenvalue weighted by Gasteiger charge is -2.30. The summed E-state index contributed by atoms with van der Waals surface area (Å²) >= 11 is 6.50. The Labute approximate surface area is 198 Å². The van der Waals surface area contributed by atoms with Crippen LogP contribution in [0.5, 0.6) is 0 Å². The first-order valence-corrected chi connectivity index (χ1v) is 13.3. The number of anilines is 2. The molecule has 2 aliphatic rings. The number of pyridine rings is 2. The van der Waals surface area contributed by atoms with Crippen LogP contribution in [0, 0.1) is 5.92 Å². The first kappa shape index (κ1) is 23.4. The Kier molecular flexibility index (Phi) is 7.99. The minimum Gasteiger partial charge on any atom is -0.384 e. The van der Waals surface area contributed by atoms with Crippen molar-refractivity contribution in [2.45, 2.75) is 50.6 Å². The summed E-state index contributed by atoms with van der Waals surface area (Å²) in [5, 5.41) is 7.69. The molecule has 7 nitrogen and oxygen atoms in total. The van der Waals surface area contributed by atoms with E-state index in [9.17, 15) is 4.21 Å². The molecule has 1 aliphatic carbocycles. The zero-order valence-electron chi connectivity index (χ0n) is 18.6. The predicted molar refractivity (Wildman–Crippen MR) is 133 cm³/mol. The second-order valence-corrected chi connectivity index (χ2v) is 10.7. The van der Waals surface area contributed by atoms with Gasteiger partial charge in [0.15, 0.2) is 0 Å². The molecule has 0 aromatic carbocycles. The Hall–Kier alpha value is -1.74. The van der Waals surface area contributed by atoms with Crippen molar-refractivity contribution in [2.75, 3.05) is 36.5 Å². The molecule has 32 heavy (non-hydrogen) atoms. The van der Waals surface area contributed by atoms with Gasteiger partial charge in [-0.25, -0.2) is 13.5 Å². The Morgan fingerprint density at radius 2 is 1.88 bits per heavy atom. The molecule has 3 heterocycles. The van der Waals surface area contributed by atoms with Crippen LogP contribution in [0.1, 0.15) is 38.5 Å². The molecule has 1 saturated heterocycles. The van der Waals surface area contributed by atoms with Crippen molar-refractivity contribution >= 4 is 34.1 Å². The molecular weight excluding hydrogens is 444 g/mol. The van der Waals surface area contributed by atoms with Crippen LogP contribution in [-0.2, 0) is 11.0 Å². The van der Waals surface area contributed by atoms with Crippen molar-refractivity contribution < 1.29 is 4.21 Å². The van der Waals surface area contributed by atoms with Crippen molar-refractivity contribution in [1.82, 2.24) is 14.3 Å². The second kappa shape index (κ2) is 10.9. The maximum absolute atomic E-state index is 11.6. The highest BCUT2D eigenvalue weighted by atomic mass is 35.5. The van der Waals surface area contributed by atoms with E-state index in [2.05, 4.69) is 26.7 Å². The SMILES string of the molecule is CS(=O)N1CCC(CNc2cncc(-c3cc(NC4CCC(N)CC4)ncc3Cl)c2)CC1. The van der Waals surface area contributed by atoms with Gasteiger partial charge in [-0.2, -0.15) is 0 Å². The molecule has 2 fully saturated rings. The number of nitrogens with zero attached hydrogens (tertiary/aromatic N) is 3. The van der Waals surface area contributed by atoms with Crippen molar-refractivity contribution in [3.8, 4) is 11.1 Å². The molecule has 2 aromatic heterocycles. The van der Waals surface area contributed by atoms with Crippen LogP contribution in [-0.4, -0.2) is 56.5 Å². The number of hydrogen-bond acceptors (Lipinski definition) is 6. The van der Waals surface area contributed by atoms with E-state index in [0.717, 1.165) is 80.8 Å². The fourth-order valence-corrected chi connectivity index (χ4v) is 5.47. The summed E-state index contributed by atoms with van der Waals surface area (Å²) in [6, 6.07) is 4.83. The van der Waals surface area contributed by atoms with Crippen LogP contribution >= 0.6 is 11.6 Å². The first-order chi connectivity index (χ1) is 15.5. The summed E-state index contributed by atoms with van der Waals surface area (Å²) in [4.78, 5) is 8.91. The van der Waals surface area contributed by atoms with Gasteiger partial charge in [0.25, 0.3) is 0 Å². The summed E-state index contributed by atoms with van der Waals surface area (Å²) in [5.74, 6) is 1.41. The fraction of sp³-hybridized carbons (Fsp3) is 0.565. The van der Waals surface area contributed by atoms with Gasteiger partial charge in [-0.1, -0.05) is 11.6 Å². The Balaban J connectivity index is 1.38. The molecule has 4 N–H and O–H groups in total. The largest absolute Gasteiger partial charge is 0.384 e. The monoisotopic (exact) mass is 476 g/mol. The maximum atomic E-state index is 11.6. The van der Waals surface area contributed by atoms with Crippen molar-refractivity contribution in [2.24, 2.45) is 11.7 Å². The van der Waals surface area contributed by atoms with Gasteiger partial charge < -0.3 is 16.4 Å². The smallest absolute Gasteiger partial charge is 0.126 e. The molecule has 0 radical (unpaired) electrons. The third-order valence-electron chi connectivity index (χ3n) is 6.56. The van der Waals surface area contributed by atoms with Crippen LogP contribution in [0.2, 0.25) is 5.02 Å². The second-order valence-electron chi connectivity index (χ2n) is 8.94. The summed E-state index contributed by atoms with van der Waals surface area (Å²) in [6.07, 6.45) is 13.5. The quantitative estimate of drug-likeness (QED) is 0.561. The van der Waals surface area contributed by atoms with Crippen molar-refractivity contribution in [3.05, 3.63) is 35.7 Å². The molecule has 4 rings (SSSR count). The number of aromatic nitrogens is 2. The average molecular weight is 477 g/mol. The van der Waals surface area contributed by atoms with Gasteiger partial charge in [-0.05, 0) is 56.6 Å². The normalized spacial score (nSPS) is 23.6. The number of rotatable bonds is 7. The van der Waals surface area contributed by atoms with Crippen LogP contribution < -0.4 is 16.4 Å². The standard InChI is InChI=1S/C23H33ClN6OS/c1-32(31)30-8-6-16(7-9-30)12-27-20-10-17(13-26-14-20)21-11-23(28-15-22(21)24)29-19-4-2-18(25)3-5-19/h10-11,13-16,18-19,27H,2-9,12,25H2,1H3,(H,28,29). The number of hydrogen-bond donors (Lipinski definition) is 3. The third kappa shape index (κ3) is 6.19. The lowest BCUT2D eigenvalue weighted by Crippen LogP contribution is -2.36. The van der Waals surface area contributed by atoms with Crippen LogP contribution in [0.3, 0.4) is 0 Å². The van der Waals surface area contributed by atoms with Crippen molar-refractivity contribution in [1.29, 1.82) is 0 Å². The van der Waals surface area contributed by atoms with Gasteiger partial charge in [0.05, 0.1) is 21.7 Å². The minimum atomic E-state index is -0.865. The molecule has 1 atom stereocenters. The van der Waals surface area contributed by atoms with E-state index in [1.165, 1.54) is 0 Å². The summed E-state index contributed by atoms with van der Waals surface area (Å²) in [7, 11) is -0.865. The lowest BCUT2D eigenvalue weighted by atomic mass is 9.92. The molecule has 0 spiro atoms. The first-order valence-electron chi connectivity index (χ1n) is 11.4.